The first-order valence-electron chi connectivity index (χ1n) is 5.86. The molecular weight excluding hydrogens is 250 g/mol. The van der Waals surface area contributed by atoms with Gasteiger partial charge in [-0.2, -0.15) is 0 Å². The van der Waals surface area contributed by atoms with Crippen LogP contribution in [0.2, 0.25) is 0 Å². The Bertz CT molecular complexity index is 424. The highest BCUT2D eigenvalue weighted by Crippen LogP contribution is 2.07. The predicted molar refractivity (Wildman–Crippen MR) is 67.4 cm³/mol. The lowest BCUT2D eigenvalue weighted by molar-refractivity contribution is -0.139. The van der Waals surface area contributed by atoms with E-state index in [1.165, 1.54) is 0 Å². The predicted octanol–water partition coefficient (Wildman–Crippen LogP) is 0.277. The third-order valence-electron chi connectivity index (χ3n) is 2.50. The van der Waals surface area contributed by atoms with Gasteiger partial charge in [-0.05, 0) is 19.1 Å². The molecule has 0 aliphatic heterocycles. The number of carboxylic acids is 1. The van der Waals surface area contributed by atoms with Crippen molar-refractivity contribution in [1.29, 1.82) is 0 Å². The number of urea groups is 1. The Morgan fingerprint density at radius 3 is 2.63 bits per heavy atom. The average molecular weight is 267 g/mol. The molecule has 0 aromatic carbocycles. The van der Waals surface area contributed by atoms with Crippen LogP contribution >= 0.6 is 0 Å². The minimum absolute atomic E-state index is 0.0410. The Balaban J connectivity index is 2.52. The molecule has 1 aromatic rings. The highest BCUT2D eigenvalue weighted by Gasteiger charge is 2.20. The Hall–Kier alpha value is -2.15. The topological polar surface area (TPSA) is 112 Å². The lowest BCUT2D eigenvalue weighted by Gasteiger charge is -2.17. The van der Waals surface area contributed by atoms with E-state index in [0.717, 1.165) is 0 Å². The summed E-state index contributed by atoms with van der Waals surface area (Å²) in [5.74, 6) is -1.19. The van der Waals surface area contributed by atoms with Gasteiger partial charge in [0.1, 0.15) is 6.04 Å². The van der Waals surface area contributed by atoms with Crippen molar-refractivity contribution >= 4 is 12.0 Å². The van der Waals surface area contributed by atoms with Crippen molar-refractivity contribution in [2.45, 2.75) is 25.4 Å². The van der Waals surface area contributed by atoms with Crippen LogP contribution in [0.5, 0.6) is 0 Å². The van der Waals surface area contributed by atoms with Crippen LogP contribution in [0, 0.1) is 0 Å². The van der Waals surface area contributed by atoms with Crippen LogP contribution in [-0.2, 0) is 4.79 Å². The number of aromatic nitrogens is 1. The molecule has 7 heteroatoms. The molecule has 4 N–H and O–H groups in total. The van der Waals surface area contributed by atoms with Gasteiger partial charge in [-0.15, -0.1) is 0 Å². The fourth-order valence-corrected chi connectivity index (χ4v) is 1.49. The number of carboxylic acid groups (broad SMARTS) is 1. The summed E-state index contributed by atoms with van der Waals surface area (Å²) in [4.78, 5) is 26.5. The largest absolute Gasteiger partial charge is 0.480 e. The van der Waals surface area contributed by atoms with Gasteiger partial charge < -0.3 is 20.8 Å². The van der Waals surface area contributed by atoms with Crippen molar-refractivity contribution in [2.24, 2.45) is 0 Å². The fraction of sp³-hybridized carbons (Fsp3) is 0.417. The van der Waals surface area contributed by atoms with E-state index in [1.807, 2.05) is 0 Å². The molecule has 0 aliphatic rings. The molecule has 1 heterocycles. The van der Waals surface area contributed by atoms with Gasteiger partial charge in [0.15, 0.2) is 0 Å². The van der Waals surface area contributed by atoms with E-state index in [-0.39, 0.29) is 19.1 Å². The SMILES string of the molecule is CC(NC(=O)N[C@@H](CCO)C(=O)O)c1ccccn1. The normalized spacial score (nSPS) is 13.4. The average Bonchev–Trinajstić information content (AvgIpc) is 2.39. The van der Waals surface area contributed by atoms with E-state index in [1.54, 1.807) is 31.3 Å². The summed E-state index contributed by atoms with van der Waals surface area (Å²) in [7, 11) is 0. The summed E-state index contributed by atoms with van der Waals surface area (Å²) in [6, 6.07) is 3.25. The van der Waals surface area contributed by atoms with Crippen molar-refractivity contribution in [3.63, 3.8) is 0 Å². The van der Waals surface area contributed by atoms with Crippen LogP contribution in [0.15, 0.2) is 24.4 Å². The lowest BCUT2D eigenvalue weighted by Crippen LogP contribution is -2.47. The van der Waals surface area contributed by atoms with Crippen molar-refractivity contribution < 1.29 is 19.8 Å². The smallest absolute Gasteiger partial charge is 0.326 e. The second-order valence-corrected chi connectivity index (χ2v) is 4.00. The molecule has 0 saturated heterocycles. The molecule has 104 valence electrons. The van der Waals surface area contributed by atoms with Gasteiger partial charge in [0.05, 0.1) is 11.7 Å². The first-order chi connectivity index (χ1) is 9.04. The molecule has 7 nitrogen and oxygen atoms in total. The summed E-state index contributed by atoms with van der Waals surface area (Å²) in [6.45, 7) is 1.43. The molecule has 2 atom stereocenters. The van der Waals surface area contributed by atoms with Crippen LogP contribution in [0.3, 0.4) is 0 Å². The molecule has 0 saturated carbocycles. The van der Waals surface area contributed by atoms with E-state index in [9.17, 15) is 9.59 Å². The van der Waals surface area contributed by atoms with Crippen molar-refractivity contribution in [3.05, 3.63) is 30.1 Å². The number of hydrogen-bond acceptors (Lipinski definition) is 4. The number of amides is 2. The maximum atomic E-state index is 11.6. The molecule has 19 heavy (non-hydrogen) atoms. The van der Waals surface area contributed by atoms with E-state index < -0.39 is 18.0 Å². The maximum Gasteiger partial charge on any atom is 0.326 e. The first-order valence-corrected chi connectivity index (χ1v) is 5.86. The van der Waals surface area contributed by atoms with Crippen LogP contribution < -0.4 is 10.6 Å². The zero-order valence-electron chi connectivity index (χ0n) is 10.5. The minimum atomic E-state index is -1.19. The third-order valence-corrected chi connectivity index (χ3v) is 2.50. The summed E-state index contributed by atoms with van der Waals surface area (Å²) in [5.41, 5.74) is 0.673. The van der Waals surface area contributed by atoms with Gasteiger partial charge in [-0.25, -0.2) is 9.59 Å². The molecule has 1 unspecified atom stereocenters. The van der Waals surface area contributed by atoms with Crippen molar-refractivity contribution in [1.82, 2.24) is 15.6 Å². The highest BCUT2D eigenvalue weighted by atomic mass is 16.4. The van der Waals surface area contributed by atoms with Gasteiger partial charge >= 0.3 is 12.0 Å². The van der Waals surface area contributed by atoms with Gasteiger partial charge in [-0.1, -0.05) is 6.07 Å². The highest BCUT2D eigenvalue weighted by molar-refractivity contribution is 5.82. The number of nitrogens with one attached hydrogen (secondary N) is 2. The number of carbonyl (C=O) groups is 2. The van der Waals surface area contributed by atoms with E-state index in [4.69, 9.17) is 10.2 Å². The molecule has 0 spiro atoms. The number of carbonyl (C=O) groups excluding carboxylic acids is 1. The maximum absolute atomic E-state index is 11.6. The molecule has 2 amide bonds. The lowest BCUT2D eigenvalue weighted by atomic mass is 10.2. The van der Waals surface area contributed by atoms with Crippen molar-refractivity contribution in [2.75, 3.05) is 6.61 Å². The van der Waals surface area contributed by atoms with Crippen LogP contribution in [0.25, 0.3) is 0 Å². The molecule has 0 aliphatic carbocycles. The van der Waals surface area contributed by atoms with Crippen LogP contribution in [0.4, 0.5) is 4.79 Å². The van der Waals surface area contributed by atoms with Crippen LogP contribution in [0.1, 0.15) is 25.1 Å². The van der Waals surface area contributed by atoms with E-state index >= 15 is 0 Å². The molecular formula is C12H17N3O4. The zero-order valence-corrected chi connectivity index (χ0v) is 10.5. The number of rotatable bonds is 6. The van der Waals surface area contributed by atoms with E-state index in [2.05, 4.69) is 15.6 Å². The fourth-order valence-electron chi connectivity index (χ4n) is 1.49. The third kappa shape index (κ3) is 4.92. The van der Waals surface area contributed by atoms with Gasteiger partial charge in [0.2, 0.25) is 0 Å². The number of aliphatic hydroxyl groups is 1. The summed E-state index contributed by atoms with van der Waals surface area (Å²) in [5, 5.41) is 22.4. The monoisotopic (exact) mass is 267 g/mol. The molecule has 0 fully saturated rings. The minimum Gasteiger partial charge on any atom is -0.480 e. The molecule has 0 radical (unpaired) electrons. The summed E-state index contributed by atoms with van der Waals surface area (Å²) in [6.07, 6.45) is 1.57. The molecule has 0 bridgehead atoms. The van der Waals surface area contributed by atoms with Gasteiger partial charge in [0.25, 0.3) is 0 Å². The molecule has 1 aromatic heterocycles. The number of aliphatic carboxylic acids is 1. The zero-order chi connectivity index (χ0) is 14.3. The summed E-state index contributed by atoms with van der Waals surface area (Å²) < 4.78 is 0. The Morgan fingerprint density at radius 2 is 2.11 bits per heavy atom. The van der Waals surface area contributed by atoms with Gasteiger partial charge in [0, 0.05) is 19.2 Å². The Labute approximate surface area is 110 Å². The Kier molecular flexibility index (Phi) is 5.74. The second kappa shape index (κ2) is 7.32. The quantitative estimate of drug-likeness (QED) is 0.591. The second-order valence-electron chi connectivity index (χ2n) is 4.00. The standard InChI is InChI=1S/C12H17N3O4/c1-8(9-4-2-3-6-13-9)14-12(19)15-10(5-7-16)11(17)18/h2-4,6,8,10,16H,5,7H2,1H3,(H,17,18)(H2,14,15,19)/t8?,10-/m0/s1. The number of aliphatic hydroxyl groups excluding tert-OH is 1. The number of hydrogen-bond donors (Lipinski definition) is 4. The number of nitrogens with zero attached hydrogens (tertiary/aromatic N) is 1. The number of pyridine rings is 1. The Morgan fingerprint density at radius 1 is 1.37 bits per heavy atom. The first kappa shape index (κ1) is 14.9. The van der Waals surface area contributed by atoms with E-state index in [0.29, 0.717) is 5.69 Å². The van der Waals surface area contributed by atoms with Gasteiger partial charge in [-0.3, -0.25) is 4.98 Å². The summed E-state index contributed by atoms with van der Waals surface area (Å²) >= 11 is 0. The molecule has 1 rings (SSSR count). The van der Waals surface area contributed by atoms with Crippen LogP contribution in [-0.4, -0.2) is 39.8 Å². The van der Waals surface area contributed by atoms with Crippen molar-refractivity contribution in [3.8, 4) is 0 Å².